The average Bonchev–Trinajstić information content (AvgIpc) is 2.75. The molecule has 1 aromatic rings. The van der Waals surface area contributed by atoms with E-state index in [4.69, 9.17) is 9.84 Å². The zero-order valence-corrected chi connectivity index (χ0v) is 11.3. The van der Waals surface area contributed by atoms with E-state index in [9.17, 15) is 20.1 Å². The minimum Gasteiger partial charge on any atom is -0.480 e. The second kappa shape index (κ2) is 6.97. The lowest BCUT2D eigenvalue weighted by Crippen LogP contribution is -2.49. The molecule has 21 heavy (non-hydrogen) atoms. The van der Waals surface area contributed by atoms with E-state index in [1.54, 1.807) is 24.3 Å². The fraction of sp³-hybridized carbons (Fsp3) is 0.500. The second-order valence-electron chi connectivity index (χ2n) is 5.01. The number of aliphatic hydroxyl groups excluding tert-OH is 3. The van der Waals surface area contributed by atoms with Gasteiger partial charge < -0.3 is 25.2 Å². The number of carboxylic acid groups (broad SMARTS) is 1. The highest BCUT2D eigenvalue weighted by molar-refractivity contribution is 5.74. The quantitative estimate of drug-likeness (QED) is 0.443. The van der Waals surface area contributed by atoms with Crippen LogP contribution in [0.2, 0.25) is 0 Å². The van der Waals surface area contributed by atoms with E-state index < -0.39 is 43.2 Å². The topological polar surface area (TPSA) is 119 Å². The predicted molar refractivity (Wildman–Crippen MR) is 72.5 cm³/mol. The summed E-state index contributed by atoms with van der Waals surface area (Å²) in [5.74, 6) is -1.09. The monoisotopic (exact) mass is 297 g/mol. The van der Waals surface area contributed by atoms with Crippen molar-refractivity contribution in [2.75, 3.05) is 6.61 Å². The Bertz CT molecular complexity index is 468. The lowest BCUT2D eigenvalue weighted by atomic mass is 10.1. The van der Waals surface area contributed by atoms with Crippen LogP contribution in [0.15, 0.2) is 30.3 Å². The first kappa shape index (κ1) is 15.9. The number of rotatable bonds is 6. The highest BCUT2D eigenvalue weighted by Crippen LogP contribution is 2.20. The van der Waals surface area contributed by atoms with Gasteiger partial charge in [-0.15, -0.1) is 0 Å². The van der Waals surface area contributed by atoms with Crippen molar-refractivity contribution in [1.82, 2.24) is 5.32 Å². The number of carboxylic acids is 1. The molecule has 7 heteroatoms. The van der Waals surface area contributed by atoms with Gasteiger partial charge in [0.2, 0.25) is 0 Å². The van der Waals surface area contributed by atoms with Crippen LogP contribution >= 0.6 is 0 Å². The fourth-order valence-corrected chi connectivity index (χ4v) is 2.30. The Kier molecular flexibility index (Phi) is 5.27. The predicted octanol–water partition coefficient (Wildman–Crippen LogP) is -1.29. The van der Waals surface area contributed by atoms with E-state index in [-0.39, 0.29) is 6.42 Å². The lowest BCUT2D eigenvalue weighted by molar-refractivity contribution is -0.141. The van der Waals surface area contributed by atoms with Gasteiger partial charge in [-0.3, -0.25) is 10.1 Å². The lowest BCUT2D eigenvalue weighted by Gasteiger charge is -2.22. The molecule has 1 fully saturated rings. The highest BCUT2D eigenvalue weighted by Gasteiger charge is 2.43. The van der Waals surface area contributed by atoms with E-state index >= 15 is 0 Å². The summed E-state index contributed by atoms with van der Waals surface area (Å²) in [6.45, 7) is -0.452. The number of nitrogens with one attached hydrogen (secondary N) is 1. The van der Waals surface area contributed by atoms with Gasteiger partial charge in [-0.1, -0.05) is 30.3 Å². The van der Waals surface area contributed by atoms with E-state index in [0.717, 1.165) is 5.56 Å². The second-order valence-corrected chi connectivity index (χ2v) is 5.01. The van der Waals surface area contributed by atoms with Crippen molar-refractivity contribution in [3.8, 4) is 0 Å². The molecule has 0 spiro atoms. The Morgan fingerprint density at radius 2 is 1.90 bits per heavy atom. The van der Waals surface area contributed by atoms with Crippen LogP contribution in [0.3, 0.4) is 0 Å². The molecule has 116 valence electrons. The van der Waals surface area contributed by atoms with Crippen LogP contribution in [0.4, 0.5) is 0 Å². The minimum absolute atomic E-state index is 0.211. The molecule has 0 saturated carbocycles. The maximum Gasteiger partial charge on any atom is 0.321 e. The molecule has 1 heterocycles. The summed E-state index contributed by atoms with van der Waals surface area (Å²) < 4.78 is 5.23. The number of hydrogen-bond acceptors (Lipinski definition) is 6. The first-order valence-corrected chi connectivity index (χ1v) is 6.68. The van der Waals surface area contributed by atoms with Crippen LogP contribution in [0.1, 0.15) is 5.56 Å². The van der Waals surface area contributed by atoms with E-state index in [0.29, 0.717) is 0 Å². The third kappa shape index (κ3) is 3.78. The van der Waals surface area contributed by atoms with Gasteiger partial charge in [0.1, 0.15) is 30.6 Å². The van der Waals surface area contributed by atoms with Crippen molar-refractivity contribution in [1.29, 1.82) is 0 Å². The Hall–Kier alpha value is -1.51. The number of ether oxygens (including phenoxy) is 1. The largest absolute Gasteiger partial charge is 0.480 e. The van der Waals surface area contributed by atoms with Crippen LogP contribution < -0.4 is 5.32 Å². The Balaban J connectivity index is 2.02. The summed E-state index contributed by atoms with van der Waals surface area (Å²) in [5.41, 5.74) is 0.823. The molecule has 0 radical (unpaired) electrons. The van der Waals surface area contributed by atoms with Crippen LogP contribution in [0.5, 0.6) is 0 Å². The molecular formula is C14H19NO6. The molecule has 2 rings (SSSR count). The molecule has 5 N–H and O–H groups in total. The van der Waals surface area contributed by atoms with Gasteiger partial charge in [0, 0.05) is 0 Å². The number of aliphatic hydroxyl groups is 3. The van der Waals surface area contributed by atoms with E-state index in [1.165, 1.54) is 0 Å². The molecule has 0 unspecified atom stereocenters. The zero-order valence-electron chi connectivity index (χ0n) is 11.3. The molecule has 0 bridgehead atoms. The smallest absolute Gasteiger partial charge is 0.321 e. The summed E-state index contributed by atoms with van der Waals surface area (Å²) in [7, 11) is 0. The normalized spacial score (nSPS) is 30.2. The van der Waals surface area contributed by atoms with Gasteiger partial charge in [0.05, 0.1) is 6.61 Å². The Morgan fingerprint density at radius 1 is 1.24 bits per heavy atom. The van der Waals surface area contributed by atoms with Gasteiger partial charge in [0.25, 0.3) is 0 Å². The van der Waals surface area contributed by atoms with Gasteiger partial charge in [-0.2, -0.15) is 0 Å². The summed E-state index contributed by atoms with van der Waals surface area (Å²) in [5, 5.41) is 40.4. The van der Waals surface area contributed by atoms with Crippen LogP contribution in [0.25, 0.3) is 0 Å². The molecule has 1 aromatic carbocycles. The molecule has 1 aliphatic rings. The maximum absolute atomic E-state index is 11.3. The number of aliphatic carboxylic acids is 1. The first-order chi connectivity index (χ1) is 10.0. The Labute approximate surface area is 121 Å². The van der Waals surface area contributed by atoms with Crippen LogP contribution in [-0.2, 0) is 16.0 Å². The van der Waals surface area contributed by atoms with Gasteiger partial charge in [0.15, 0.2) is 0 Å². The van der Waals surface area contributed by atoms with Crippen LogP contribution in [0, 0.1) is 0 Å². The molecule has 1 saturated heterocycles. The summed E-state index contributed by atoms with van der Waals surface area (Å²) in [6, 6.07) is 8.07. The van der Waals surface area contributed by atoms with Crippen molar-refractivity contribution in [2.45, 2.75) is 37.0 Å². The number of benzene rings is 1. The third-order valence-electron chi connectivity index (χ3n) is 3.49. The highest BCUT2D eigenvalue weighted by atomic mass is 16.6. The molecular weight excluding hydrogens is 278 g/mol. The first-order valence-electron chi connectivity index (χ1n) is 6.68. The summed E-state index contributed by atoms with van der Waals surface area (Å²) >= 11 is 0. The van der Waals surface area contributed by atoms with E-state index in [1.807, 2.05) is 6.07 Å². The third-order valence-corrected chi connectivity index (χ3v) is 3.49. The van der Waals surface area contributed by atoms with Crippen molar-refractivity contribution < 1.29 is 30.0 Å². The van der Waals surface area contributed by atoms with Crippen molar-refractivity contribution >= 4 is 5.97 Å². The van der Waals surface area contributed by atoms with Crippen molar-refractivity contribution in [3.63, 3.8) is 0 Å². The molecule has 0 aliphatic carbocycles. The minimum atomic E-state index is -1.29. The zero-order chi connectivity index (χ0) is 15.4. The number of hydrogen-bond donors (Lipinski definition) is 5. The van der Waals surface area contributed by atoms with Crippen molar-refractivity contribution in [2.24, 2.45) is 0 Å². The molecule has 1 aliphatic heterocycles. The van der Waals surface area contributed by atoms with E-state index in [2.05, 4.69) is 5.32 Å². The fourth-order valence-electron chi connectivity index (χ4n) is 2.30. The molecule has 0 amide bonds. The Morgan fingerprint density at radius 3 is 2.43 bits per heavy atom. The average molecular weight is 297 g/mol. The molecule has 7 nitrogen and oxygen atoms in total. The summed E-state index contributed by atoms with van der Waals surface area (Å²) in [6.07, 6.45) is -4.30. The van der Waals surface area contributed by atoms with Crippen LogP contribution in [-0.4, -0.2) is 63.6 Å². The van der Waals surface area contributed by atoms with Gasteiger partial charge >= 0.3 is 5.97 Å². The SMILES string of the molecule is O=C(O)[C@H](Cc1ccccc1)N[C@@H]1O[C@@H](CO)[C@H](O)[C@H]1O. The van der Waals surface area contributed by atoms with Gasteiger partial charge in [-0.25, -0.2) is 0 Å². The van der Waals surface area contributed by atoms with Gasteiger partial charge in [-0.05, 0) is 12.0 Å². The number of carbonyl (C=O) groups is 1. The molecule has 0 aromatic heterocycles. The molecule has 5 atom stereocenters. The maximum atomic E-state index is 11.3. The van der Waals surface area contributed by atoms with Crippen molar-refractivity contribution in [3.05, 3.63) is 35.9 Å². The standard InChI is InChI=1S/C14H19NO6/c16-7-10-11(17)12(18)13(21-10)15-9(14(19)20)6-8-4-2-1-3-5-8/h1-5,9-13,15-18H,6-7H2,(H,19,20)/t9-,10-,11-,12+,13+/m0/s1. The summed E-state index contributed by atoms with van der Waals surface area (Å²) in [4.78, 5) is 11.3.